The third-order valence-electron chi connectivity index (χ3n) is 8.22. The van der Waals surface area contributed by atoms with Crippen LogP contribution in [0, 0.1) is 0 Å². The summed E-state index contributed by atoms with van der Waals surface area (Å²) in [6.45, 7) is 1.24. The van der Waals surface area contributed by atoms with E-state index in [9.17, 15) is 10.2 Å². The summed E-state index contributed by atoms with van der Waals surface area (Å²) >= 11 is 0. The second kappa shape index (κ2) is 15.1. The highest BCUT2D eigenvalue weighted by atomic mass is 16.5. The minimum absolute atomic E-state index is 0.0282. The molecule has 7 rings (SSSR count). The van der Waals surface area contributed by atoms with E-state index in [0.29, 0.717) is 36.0 Å². The van der Waals surface area contributed by atoms with Gasteiger partial charge in [0, 0.05) is 29.5 Å². The smallest absolute Gasteiger partial charge is 0.165 e. The standard InChI is InChI=1S/C39H37N7O3/c47-36(40-22-27-11-3-1-4-12-27)25-46(30-19-20-33-29(21-30)24-42-45-33)39-31-15-7-9-17-34(31)43-38(44-39)32-16-8-10-18-35(32)49-26-37(48)41-23-28-13-5-2-6-14-28/h1-21,24,36-37,40-41,47-48H,22-23,25-26H2,(H,42,45). The lowest BCUT2D eigenvalue weighted by atomic mass is 10.1. The Morgan fingerprint density at radius 1 is 0.714 bits per heavy atom. The normalized spacial score (nSPS) is 12.6. The van der Waals surface area contributed by atoms with Crippen LogP contribution in [0.2, 0.25) is 0 Å². The highest BCUT2D eigenvalue weighted by Crippen LogP contribution is 2.36. The van der Waals surface area contributed by atoms with Crippen molar-refractivity contribution in [3.63, 3.8) is 0 Å². The first-order chi connectivity index (χ1) is 24.1. The molecule has 2 unspecified atom stereocenters. The maximum Gasteiger partial charge on any atom is 0.165 e. The maximum atomic E-state index is 11.4. The Bertz CT molecular complexity index is 2120. The highest BCUT2D eigenvalue weighted by Gasteiger charge is 2.22. The predicted molar refractivity (Wildman–Crippen MR) is 192 cm³/mol. The highest BCUT2D eigenvalue weighted by molar-refractivity contribution is 5.94. The SMILES string of the molecule is OC(COc1ccccc1-c1nc(N(CC(O)NCc2ccccc2)c2ccc3[nH]ncc3c2)c2ccccc2n1)NCc1ccccc1. The van der Waals surface area contributed by atoms with Gasteiger partial charge in [-0.2, -0.15) is 5.10 Å². The number of H-pyrrole nitrogens is 1. The molecule has 0 aliphatic heterocycles. The molecule has 7 aromatic rings. The fraction of sp³-hybridized carbons (Fsp3) is 0.154. The number of fused-ring (bicyclic) bond motifs is 2. The number of aromatic nitrogens is 4. The van der Waals surface area contributed by atoms with Gasteiger partial charge in [-0.05, 0) is 53.6 Å². The van der Waals surface area contributed by atoms with Crippen LogP contribution in [0.5, 0.6) is 5.75 Å². The molecule has 0 saturated heterocycles. The van der Waals surface area contributed by atoms with Gasteiger partial charge in [-0.1, -0.05) is 84.9 Å². The second-order valence-corrected chi connectivity index (χ2v) is 11.7. The molecule has 10 heteroatoms. The number of benzene rings is 5. The summed E-state index contributed by atoms with van der Waals surface area (Å²) in [5.41, 5.74) is 5.30. The number of hydrogen-bond acceptors (Lipinski definition) is 9. The van der Waals surface area contributed by atoms with Crippen LogP contribution in [-0.4, -0.2) is 56.0 Å². The Balaban J connectivity index is 1.21. The van der Waals surface area contributed by atoms with Gasteiger partial charge in [0.25, 0.3) is 0 Å². The van der Waals surface area contributed by atoms with Crippen LogP contribution in [0.3, 0.4) is 0 Å². The number of para-hydroxylation sites is 2. The van der Waals surface area contributed by atoms with Crippen LogP contribution in [0.25, 0.3) is 33.2 Å². The summed E-state index contributed by atoms with van der Waals surface area (Å²) in [4.78, 5) is 12.1. The number of nitrogens with one attached hydrogen (secondary N) is 3. The molecule has 0 fully saturated rings. The number of aromatic amines is 1. The molecule has 0 amide bonds. The minimum Gasteiger partial charge on any atom is -0.489 e. The summed E-state index contributed by atoms with van der Waals surface area (Å²) in [5, 5.41) is 37.4. The van der Waals surface area contributed by atoms with Crippen molar-refractivity contribution in [2.45, 2.75) is 25.5 Å². The van der Waals surface area contributed by atoms with Gasteiger partial charge in [-0.15, -0.1) is 0 Å². The van der Waals surface area contributed by atoms with Gasteiger partial charge in [0.2, 0.25) is 0 Å². The van der Waals surface area contributed by atoms with Gasteiger partial charge in [0.15, 0.2) is 5.82 Å². The average Bonchev–Trinajstić information content (AvgIpc) is 3.63. The molecule has 0 aliphatic carbocycles. The van der Waals surface area contributed by atoms with Crippen molar-refractivity contribution in [2.75, 3.05) is 18.1 Å². The quantitative estimate of drug-likeness (QED) is 0.0912. The fourth-order valence-corrected chi connectivity index (χ4v) is 5.70. The van der Waals surface area contributed by atoms with Gasteiger partial charge in [0.1, 0.15) is 30.6 Å². The lowest BCUT2D eigenvalue weighted by molar-refractivity contribution is 0.0776. The van der Waals surface area contributed by atoms with E-state index < -0.39 is 12.5 Å². The van der Waals surface area contributed by atoms with Gasteiger partial charge >= 0.3 is 0 Å². The largest absolute Gasteiger partial charge is 0.489 e. The molecular formula is C39H37N7O3. The number of hydrogen-bond donors (Lipinski definition) is 5. The third-order valence-corrected chi connectivity index (χ3v) is 8.22. The van der Waals surface area contributed by atoms with E-state index in [-0.39, 0.29) is 13.2 Å². The molecule has 2 aromatic heterocycles. The maximum absolute atomic E-state index is 11.4. The zero-order valence-corrected chi connectivity index (χ0v) is 26.8. The van der Waals surface area contributed by atoms with Crippen LogP contribution < -0.4 is 20.3 Å². The van der Waals surface area contributed by atoms with Crippen LogP contribution >= 0.6 is 0 Å². The summed E-state index contributed by atoms with van der Waals surface area (Å²) in [6, 6.07) is 41.2. The molecule has 0 spiro atoms. The summed E-state index contributed by atoms with van der Waals surface area (Å²) < 4.78 is 6.15. The fourth-order valence-electron chi connectivity index (χ4n) is 5.70. The molecule has 0 aliphatic rings. The van der Waals surface area contributed by atoms with E-state index in [1.807, 2.05) is 132 Å². The first kappa shape index (κ1) is 31.9. The van der Waals surface area contributed by atoms with E-state index in [0.717, 1.165) is 38.6 Å². The van der Waals surface area contributed by atoms with Crippen molar-refractivity contribution in [3.05, 3.63) is 145 Å². The minimum atomic E-state index is -0.891. The molecule has 2 atom stereocenters. The second-order valence-electron chi connectivity index (χ2n) is 11.7. The number of anilines is 2. The Morgan fingerprint density at radius 3 is 2.16 bits per heavy atom. The molecule has 2 heterocycles. The number of rotatable bonds is 14. The lowest BCUT2D eigenvalue weighted by Crippen LogP contribution is -2.39. The number of aliphatic hydroxyl groups is 2. The van der Waals surface area contributed by atoms with Crippen LogP contribution in [-0.2, 0) is 13.1 Å². The van der Waals surface area contributed by atoms with Crippen LogP contribution in [0.1, 0.15) is 11.1 Å². The number of ether oxygens (including phenoxy) is 1. The molecular weight excluding hydrogens is 614 g/mol. The number of aliphatic hydroxyl groups excluding tert-OH is 2. The summed E-state index contributed by atoms with van der Waals surface area (Å²) in [5.74, 6) is 1.63. The van der Waals surface area contributed by atoms with Gasteiger partial charge in [0.05, 0.1) is 29.3 Å². The first-order valence-corrected chi connectivity index (χ1v) is 16.2. The molecule has 246 valence electrons. The molecule has 10 nitrogen and oxygen atoms in total. The van der Waals surface area contributed by atoms with Crippen molar-refractivity contribution >= 4 is 33.3 Å². The van der Waals surface area contributed by atoms with Crippen molar-refractivity contribution in [3.8, 4) is 17.1 Å². The molecule has 5 N–H and O–H groups in total. The zero-order valence-electron chi connectivity index (χ0n) is 26.8. The summed E-state index contributed by atoms with van der Waals surface area (Å²) in [6.07, 6.45) is -0.00102. The van der Waals surface area contributed by atoms with Gasteiger partial charge in [-0.3, -0.25) is 15.7 Å². The monoisotopic (exact) mass is 651 g/mol. The van der Waals surface area contributed by atoms with Crippen LogP contribution in [0.15, 0.2) is 134 Å². The average molecular weight is 652 g/mol. The van der Waals surface area contributed by atoms with E-state index in [4.69, 9.17) is 14.7 Å². The van der Waals surface area contributed by atoms with Crippen LogP contribution in [0.4, 0.5) is 11.5 Å². The lowest BCUT2D eigenvalue weighted by Gasteiger charge is -2.28. The molecule has 0 radical (unpaired) electrons. The molecule has 0 bridgehead atoms. The summed E-state index contributed by atoms with van der Waals surface area (Å²) in [7, 11) is 0. The first-order valence-electron chi connectivity index (χ1n) is 16.2. The van der Waals surface area contributed by atoms with E-state index in [1.54, 1.807) is 6.20 Å². The zero-order chi connectivity index (χ0) is 33.4. The predicted octanol–water partition coefficient (Wildman–Crippen LogP) is 5.91. The Kier molecular flexibility index (Phi) is 9.81. The van der Waals surface area contributed by atoms with Crippen molar-refractivity contribution < 1.29 is 14.9 Å². The van der Waals surface area contributed by atoms with Crippen molar-refractivity contribution in [1.29, 1.82) is 0 Å². The Hall–Kier alpha value is -5.65. The van der Waals surface area contributed by atoms with Gasteiger partial charge in [-0.25, -0.2) is 9.97 Å². The molecule has 49 heavy (non-hydrogen) atoms. The topological polar surface area (TPSA) is 131 Å². The third kappa shape index (κ3) is 7.75. The molecule has 0 saturated carbocycles. The van der Waals surface area contributed by atoms with Crippen molar-refractivity contribution in [2.24, 2.45) is 0 Å². The molecule has 5 aromatic carbocycles. The Labute approximate surface area is 284 Å². The van der Waals surface area contributed by atoms with E-state index >= 15 is 0 Å². The van der Waals surface area contributed by atoms with Gasteiger partial charge < -0.3 is 19.8 Å². The Morgan fingerprint density at radius 2 is 1.39 bits per heavy atom. The van der Waals surface area contributed by atoms with Crippen molar-refractivity contribution in [1.82, 2.24) is 30.8 Å². The van der Waals surface area contributed by atoms with E-state index in [2.05, 4.69) is 20.8 Å². The number of nitrogens with zero attached hydrogens (tertiary/aromatic N) is 4. The van der Waals surface area contributed by atoms with E-state index in [1.165, 1.54) is 0 Å².